The number of phenols is 1. The van der Waals surface area contributed by atoms with E-state index in [9.17, 15) is 34.2 Å². The Hall–Kier alpha value is -4.32. The summed E-state index contributed by atoms with van der Waals surface area (Å²) in [6.07, 6.45) is 0. The van der Waals surface area contributed by atoms with Gasteiger partial charge in [0.05, 0.1) is 5.37 Å². The lowest BCUT2D eigenvalue weighted by Crippen LogP contribution is -2.59. The molecule has 2 aliphatic rings. The van der Waals surface area contributed by atoms with E-state index in [4.69, 9.17) is 0 Å². The van der Waals surface area contributed by atoms with Crippen molar-refractivity contribution < 1.29 is 34.2 Å². The Kier molecular flexibility index (Phi) is 9.89. The number of carboxylic acids is 1. The van der Waals surface area contributed by atoms with Gasteiger partial charge in [-0.2, -0.15) is 0 Å². The first-order valence-corrected chi connectivity index (χ1v) is 14.8. The smallest absolute Gasteiger partial charge is 0.351 e. The van der Waals surface area contributed by atoms with E-state index in [2.05, 4.69) is 31.5 Å². The number of aromatic nitrogens is 4. The van der Waals surface area contributed by atoms with Crippen molar-refractivity contribution >= 4 is 53.2 Å². The molecule has 1 aromatic carbocycles. The number of aromatic hydroxyl groups is 1. The number of hydrogen-bond donors (Lipinski definition) is 5. The molecule has 1 unspecified atom stereocenters. The van der Waals surface area contributed by atoms with Crippen LogP contribution in [0.1, 0.15) is 18.5 Å². The highest BCUT2D eigenvalue weighted by molar-refractivity contribution is 8.00. The highest BCUT2D eigenvalue weighted by Gasteiger charge is 2.37. The van der Waals surface area contributed by atoms with E-state index in [-0.39, 0.29) is 31.1 Å². The Bertz CT molecular complexity index is 1400. The van der Waals surface area contributed by atoms with Crippen LogP contribution in [0, 0.1) is 0 Å². The van der Waals surface area contributed by atoms with Gasteiger partial charge in [-0.1, -0.05) is 23.9 Å². The lowest BCUT2D eigenvalue weighted by atomic mass is 10.1. The minimum Gasteiger partial charge on any atom is -0.508 e. The number of aryl methyl sites for hydroxylation is 1. The zero-order valence-electron chi connectivity index (χ0n) is 22.6. The molecule has 4 rings (SSSR count). The molecule has 2 aliphatic heterocycles. The van der Waals surface area contributed by atoms with Crippen LogP contribution < -0.4 is 16.0 Å². The number of carbonyl (C=O) groups is 5. The first kappa shape index (κ1) is 30.6. The third-order valence-electron chi connectivity index (χ3n) is 6.44. The van der Waals surface area contributed by atoms with Crippen molar-refractivity contribution in [3.63, 3.8) is 0 Å². The van der Waals surface area contributed by atoms with Crippen LogP contribution in [0.25, 0.3) is 0 Å². The normalized spacial score (nSPS) is 18.0. The average molecular weight is 620 g/mol. The molecular weight excluding hydrogens is 590 g/mol. The molecule has 18 heteroatoms. The largest absolute Gasteiger partial charge is 0.508 e. The van der Waals surface area contributed by atoms with Gasteiger partial charge < -0.3 is 31.1 Å². The molecule has 0 saturated carbocycles. The number of thioether (sulfide) groups is 2. The first-order chi connectivity index (χ1) is 20.1. The number of likely N-dealkylation sites (N-methyl/N-ethyl adjacent to an activating group) is 1. The summed E-state index contributed by atoms with van der Waals surface area (Å²) in [5.41, 5.74) is 0.977. The van der Waals surface area contributed by atoms with E-state index >= 15 is 0 Å². The number of imide groups is 1. The van der Waals surface area contributed by atoms with Crippen LogP contribution in [0.5, 0.6) is 5.75 Å². The number of phenolic OH excluding ortho intramolecular Hbond substituents is 1. The molecule has 2 atom stereocenters. The summed E-state index contributed by atoms with van der Waals surface area (Å²) in [5.74, 6) is -2.91. The molecule has 0 spiro atoms. The number of benzene rings is 1. The Morgan fingerprint density at radius 3 is 2.57 bits per heavy atom. The molecule has 16 nitrogen and oxygen atoms in total. The first-order valence-electron chi connectivity index (χ1n) is 12.8. The molecule has 0 aliphatic carbocycles. The minimum atomic E-state index is -1.28. The van der Waals surface area contributed by atoms with Gasteiger partial charge >= 0.3 is 23.8 Å². The topological polar surface area (TPSA) is 212 Å². The summed E-state index contributed by atoms with van der Waals surface area (Å²) in [7, 11) is 1.68. The Labute approximate surface area is 248 Å². The number of aliphatic carboxylic acids is 1. The number of piperazine rings is 1. The van der Waals surface area contributed by atoms with Crippen molar-refractivity contribution in [1.29, 1.82) is 0 Å². The lowest BCUT2D eigenvalue weighted by Gasteiger charge is -2.33. The summed E-state index contributed by atoms with van der Waals surface area (Å²) >= 11 is 2.69. The van der Waals surface area contributed by atoms with E-state index in [1.807, 2.05) is 0 Å². The van der Waals surface area contributed by atoms with Gasteiger partial charge in [-0.15, -0.1) is 16.9 Å². The molecule has 1 saturated heterocycles. The van der Waals surface area contributed by atoms with Crippen molar-refractivity contribution in [3.05, 3.63) is 41.1 Å². The lowest BCUT2D eigenvalue weighted by molar-refractivity contribution is -0.153. The highest BCUT2D eigenvalue weighted by Crippen LogP contribution is 2.27. The van der Waals surface area contributed by atoms with E-state index < -0.39 is 41.1 Å². The van der Waals surface area contributed by atoms with E-state index in [1.54, 1.807) is 14.0 Å². The molecule has 2 aromatic rings. The van der Waals surface area contributed by atoms with Crippen LogP contribution in [0.15, 0.2) is 40.7 Å². The standard InChI is InChI=1S/C24H29N9O7S2/c1-3-32-8-9-33(21(37)20(32)36)23(40)27-17(13-4-6-15(34)7-5-13)19(35)25-10-16-26-18(22(38)39)14(11-41-16)12-42-24-28-29-30-31(24)2/h4-7,16-17,26,34H,3,8-12H2,1-2H3,(H,25,35)(H,27,40)(H,38,39)/t16?,17-/m1/s1. The number of carbonyl (C=O) groups excluding carboxylic acids is 4. The number of rotatable bonds is 10. The van der Waals surface area contributed by atoms with Crippen molar-refractivity contribution in [2.24, 2.45) is 7.05 Å². The predicted octanol–water partition coefficient (Wildman–Crippen LogP) is -0.733. The van der Waals surface area contributed by atoms with Crippen LogP contribution in [0.2, 0.25) is 0 Å². The van der Waals surface area contributed by atoms with Crippen molar-refractivity contribution in [3.8, 4) is 5.75 Å². The van der Waals surface area contributed by atoms with E-state index in [0.717, 1.165) is 4.90 Å². The third kappa shape index (κ3) is 7.11. The van der Waals surface area contributed by atoms with Gasteiger partial charge in [0.15, 0.2) is 0 Å². The van der Waals surface area contributed by atoms with Gasteiger partial charge in [0, 0.05) is 44.7 Å². The zero-order chi connectivity index (χ0) is 30.4. The van der Waals surface area contributed by atoms with Gasteiger partial charge in [0.2, 0.25) is 11.1 Å². The molecule has 1 fully saturated rings. The second-order valence-electron chi connectivity index (χ2n) is 9.16. The van der Waals surface area contributed by atoms with Gasteiger partial charge in [-0.05, 0) is 40.6 Å². The molecule has 5 amide bonds. The van der Waals surface area contributed by atoms with Gasteiger partial charge in [-0.25, -0.2) is 14.3 Å². The Balaban J connectivity index is 1.42. The quantitative estimate of drug-likeness (QED) is 0.164. The molecule has 42 heavy (non-hydrogen) atoms. The molecule has 1 aromatic heterocycles. The SMILES string of the molecule is CCN1CCN(C(=O)N[C@@H](C(=O)NCC2NC(C(=O)O)=C(CSc3nnnn3C)CS2)c2ccc(O)cc2)C(=O)C1=O. The van der Waals surface area contributed by atoms with Crippen molar-refractivity contribution in [2.45, 2.75) is 23.5 Å². The second-order valence-corrected chi connectivity index (χ2v) is 11.3. The summed E-state index contributed by atoms with van der Waals surface area (Å²) in [6.45, 7) is 2.19. The maximum Gasteiger partial charge on any atom is 0.351 e. The number of amides is 5. The fourth-order valence-corrected chi connectivity index (χ4v) is 6.19. The number of nitrogens with one attached hydrogen (secondary N) is 3. The second kappa shape index (κ2) is 13.6. The summed E-state index contributed by atoms with van der Waals surface area (Å²) in [6, 6.07) is 3.37. The van der Waals surface area contributed by atoms with Crippen LogP contribution >= 0.6 is 23.5 Å². The fourth-order valence-electron chi connectivity index (χ4n) is 4.14. The maximum atomic E-state index is 13.3. The monoisotopic (exact) mass is 619 g/mol. The summed E-state index contributed by atoms with van der Waals surface area (Å²) in [5, 5.41) is 38.9. The molecule has 0 radical (unpaired) electrons. The van der Waals surface area contributed by atoms with Crippen LogP contribution in [0.3, 0.4) is 0 Å². The van der Waals surface area contributed by atoms with Gasteiger partial charge in [0.1, 0.15) is 17.5 Å². The molecule has 5 N–H and O–H groups in total. The number of nitrogens with zero attached hydrogens (tertiary/aromatic N) is 6. The van der Waals surface area contributed by atoms with Crippen LogP contribution in [-0.2, 0) is 26.2 Å². The van der Waals surface area contributed by atoms with E-state index in [1.165, 1.54) is 57.4 Å². The number of carboxylic acid groups (broad SMARTS) is 1. The average Bonchev–Trinajstić information content (AvgIpc) is 3.39. The van der Waals surface area contributed by atoms with Gasteiger partial charge in [-0.3, -0.25) is 19.3 Å². The summed E-state index contributed by atoms with van der Waals surface area (Å²) < 4.78 is 1.48. The van der Waals surface area contributed by atoms with Crippen molar-refractivity contribution in [1.82, 2.24) is 46.0 Å². The molecule has 0 bridgehead atoms. The molecule has 3 heterocycles. The number of urea groups is 1. The Morgan fingerprint density at radius 1 is 1.19 bits per heavy atom. The van der Waals surface area contributed by atoms with Crippen molar-refractivity contribution in [2.75, 3.05) is 37.7 Å². The Morgan fingerprint density at radius 2 is 1.93 bits per heavy atom. The highest BCUT2D eigenvalue weighted by atomic mass is 32.2. The predicted molar refractivity (Wildman–Crippen MR) is 150 cm³/mol. The van der Waals surface area contributed by atoms with Gasteiger partial charge in [0.25, 0.3) is 0 Å². The summed E-state index contributed by atoms with van der Waals surface area (Å²) in [4.78, 5) is 65.2. The molecule has 224 valence electrons. The van der Waals surface area contributed by atoms with Crippen LogP contribution in [0.4, 0.5) is 4.79 Å². The number of tetrazole rings is 1. The zero-order valence-corrected chi connectivity index (χ0v) is 24.3. The van der Waals surface area contributed by atoms with Crippen LogP contribution in [-0.4, -0.2) is 113 Å². The van der Waals surface area contributed by atoms with E-state index in [0.29, 0.717) is 34.3 Å². The maximum absolute atomic E-state index is 13.3. The minimum absolute atomic E-state index is 0.00491. The molecular formula is C24H29N9O7S2. The number of hydrogen-bond acceptors (Lipinski definition) is 12. The fraction of sp³-hybridized carbons (Fsp3) is 0.417. The third-order valence-corrected chi connectivity index (χ3v) is 8.74.